The molecule has 30 heavy (non-hydrogen) atoms. The van der Waals surface area contributed by atoms with Crippen LogP contribution in [0.15, 0.2) is 54.6 Å². The predicted molar refractivity (Wildman–Crippen MR) is 120 cm³/mol. The monoisotopic (exact) mass is 409 g/mol. The molecular formula is C24H32BNO4. The van der Waals surface area contributed by atoms with Gasteiger partial charge in [0.05, 0.1) is 11.2 Å². The summed E-state index contributed by atoms with van der Waals surface area (Å²) in [6.45, 7) is 12.4. The van der Waals surface area contributed by atoms with Gasteiger partial charge in [-0.1, -0.05) is 54.6 Å². The van der Waals surface area contributed by atoms with Crippen molar-refractivity contribution in [2.75, 3.05) is 0 Å². The molecule has 160 valence electrons. The lowest BCUT2D eigenvalue weighted by molar-refractivity contribution is 0.00578. The van der Waals surface area contributed by atoms with E-state index in [1.807, 2.05) is 96.1 Å². The first-order chi connectivity index (χ1) is 13.9. The molecule has 1 saturated heterocycles. The van der Waals surface area contributed by atoms with E-state index < -0.39 is 18.8 Å². The Morgan fingerprint density at radius 3 is 1.97 bits per heavy atom. The van der Waals surface area contributed by atoms with Crippen LogP contribution in [-0.4, -0.2) is 40.0 Å². The van der Waals surface area contributed by atoms with E-state index in [1.165, 1.54) is 4.90 Å². The van der Waals surface area contributed by atoms with Gasteiger partial charge in [-0.3, -0.25) is 4.90 Å². The number of amides is 1. The zero-order valence-corrected chi connectivity index (χ0v) is 18.8. The maximum Gasteiger partial charge on any atom is 0.494 e. The molecule has 1 N–H and O–H groups in total. The smallest absolute Gasteiger partial charge is 0.465 e. The summed E-state index contributed by atoms with van der Waals surface area (Å²) in [5.41, 5.74) is 1.70. The number of hydrogen-bond acceptors (Lipinski definition) is 3. The summed E-state index contributed by atoms with van der Waals surface area (Å²) < 4.78 is 12.2. The van der Waals surface area contributed by atoms with Crippen LogP contribution in [0.25, 0.3) is 0 Å². The molecule has 0 radical (unpaired) electrons. The largest absolute Gasteiger partial charge is 0.494 e. The van der Waals surface area contributed by atoms with E-state index in [0.717, 1.165) is 16.6 Å². The second kappa shape index (κ2) is 8.08. The van der Waals surface area contributed by atoms with Crippen LogP contribution in [0.1, 0.15) is 52.7 Å². The molecule has 0 saturated carbocycles. The molecule has 0 aliphatic carbocycles. The lowest BCUT2D eigenvalue weighted by atomic mass is 9.78. The van der Waals surface area contributed by atoms with Crippen molar-refractivity contribution in [1.29, 1.82) is 0 Å². The number of nitrogens with zero attached hydrogens (tertiary/aromatic N) is 1. The Kier molecular flexibility index (Phi) is 6.03. The SMILES string of the molecule is CC(C)(Cc1ccc(B2OC(C)(C)C(C)(C)O2)cc1)N(Cc1ccccc1)C(=O)O. The summed E-state index contributed by atoms with van der Waals surface area (Å²) in [5, 5.41) is 9.83. The summed E-state index contributed by atoms with van der Waals surface area (Å²) in [7, 11) is -0.398. The molecule has 0 spiro atoms. The minimum absolute atomic E-state index is 0.356. The Morgan fingerprint density at radius 1 is 0.933 bits per heavy atom. The quantitative estimate of drug-likeness (QED) is 0.715. The zero-order valence-electron chi connectivity index (χ0n) is 18.8. The summed E-state index contributed by atoms with van der Waals surface area (Å²) >= 11 is 0. The van der Waals surface area contributed by atoms with Crippen molar-refractivity contribution >= 4 is 18.7 Å². The standard InChI is InChI=1S/C24H32BNO4/c1-22(2,26(21(27)28)17-19-10-8-7-9-11-19)16-18-12-14-20(15-13-18)25-29-23(3,4)24(5,6)30-25/h7-15H,16-17H2,1-6H3,(H,27,28). The molecule has 1 aliphatic rings. The van der Waals surface area contributed by atoms with E-state index in [0.29, 0.717) is 13.0 Å². The highest BCUT2D eigenvalue weighted by Crippen LogP contribution is 2.36. The molecule has 1 fully saturated rings. The molecule has 1 aliphatic heterocycles. The molecule has 6 heteroatoms. The molecule has 0 aromatic heterocycles. The molecule has 2 aromatic carbocycles. The molecule has 1 heterocycles. The third-order valence-corrected chi connectivity index (χ3v) is 6.29. The normalized spacial score (nSPS) is 17.7. The Balaban J connectivity index is 1.72. The van der Waals surface area contributed by atoms with Crippen molar-refractivity contribution in [2.24, 2.45) is 0 Å². The lowest BCUT2D eigenvalue weighted by Gasteiger charge is -2.37. The molecule has 3 rings (SSSR count). The Bertz CT molecular complexity index is 862. The van der Waals surface area contributed by atoms with Gasteiger partial charge in [-0.05, 0) is 64.6 Å². The van der Waals surface area contributed by atoms with E-state index in [4.69, 9.17) is 9.31 Å². The van der Waals surface area contributed by atoms with Crippen molar-refractivity contribution in [2.45, 2.75) is 71.2 Å². The van der Waals surface area contributed by atoms with E-state index >= 15 is 0 Å². The van der Waals surface area contributed by atoms with E-state index in [2.05, 4.69) is 0 Å². The van der Waals surface area contributed by atoms with Crippen LogP contribution in [0.2, 0.25) is 0 Å². The molecule has 5 nitrogen and oxygen atoms in total. The van der Waals surface area contributed by atoms with Gasteiger partial charge in [-0.2, -0.15) is 0 Å². The minimum Gasteiger partial charge on any atom is -0.465 e. The summed E-state index contributed by atoms with van der Waals surface area (Å²) in [6.07, 6.45) is -0.312. The molecule has 2 aromatic rings. The molecular weight excluding hydrogens is 377 g/mol. The number of carbonyl (C=O) groups is 1. The number of rotatable bonds is 6. The number of benzene rings is 2. The van der Waals surface area contributed by atoms with Gasteiger partial charge in [-0.15, -0.1) is 0 Å². The second-order valence-corrected chi connectivity index (χ2v) is 9.67. The summed E-state index contributed by atoms with van der Waals surface area (Å²) in [4.78, 5) is 13.5. The van der Waals surface area contributed by atoms with Crippen LogP contribution >= 0.6 is 0 Å². The van der Waals surface area contributed by atoms with Crippen molar-refractivity contribution in [1.82, 2.24) is 4.90 Å². The maximum absolute atomic E-state index is 12.0. The molecule has 0 unspecified atom stereocenters. The highest BCUT2D eigenvalue weighted by molar-refractivity contribution is 6.62. The van der Waals surface area contributed by atoms with E-state index in [1.54, 1.807) is 0 Å². The van der Waals surface area contributed by atoms with Crippen molar-refractivity contribution in [3.8, 4) is 0 Å². The first kappa shape index (κ1) is 22.4. The van der Waals surface area contributed by atoms with Gasteiger partial charge in [-0.25, -0.2) is 4.79 Å². The van der Waals surface area contributed by atoms with Crippen molar-refractivity contribution < 1.29 is 19.2 Å². The van der Waals surface area contributed by atoms with Crippen LogP contribution in [0.5, 0.6) is 0 Å². The fraction of sp³-hybridized carbons (Fsp3) is 0.458. The fourth-order valence-electron chi connectivity index (χ4n) is 3.67. The van der Waals surface area contributed by atoms with E-state index in [9.17, 15) is 9.90 Å². The molecule has 1 amide bonds. The van der Waals surface area contributed by atoms with Crippen molar-refractivity contribution in [3.05, 3.63) is 65.7 Å². The highest BCUT2D eigenvalue weighted by atomic mass is 16.7. The van der Waals surface area contributed by atoms with Gasteiger partial charge in [0.25, 0.3) is 0 Å². The highest BCUT2D eigenvalue weighted by Gasteiger charge is 2.51. The third kappa shape index (κ3) is 4.71. The van der Waals surface area contributed by atoms with Crippen LogP contribution in [0.3, 0.4) is 0 Å². The number of carboxylic acid groups (broad SMARTS) is 1. The first-order valence-electron chi connectivity index (χ1n) is 10.4. The van der Waals surface area contributed by atoms with Gasteiger partial charge in [0.1, 0.15) is 0 Å². The van der Waals surface area contributed by atoms with E-state index in [-0.39, 0.29) is 11.2 Å². The molecule has 0 atom stereocenters. The Hall–Kier alpha value is -2.31. The predicted octanol–water partition coefficient (Wildman–Crippen LogP) is 4.49. The summed E-state index contributed by atoms with van der Waals surface area (Å²) in [6, 6.07) is 17.8. The van der Waals surface area contributed by atoms with Crippen molar-refractivity contribution in [3.63, 3.8) is 0 Å². The van der Waals surface area contributed by atoms with Gasteiger partial charge >= 0.3 is 13.2 Å². The first-order valence-corrected chi connectivity index (χ1v) is 10.4. The van der Waals surface area contributed by atoms with Crippen LogP contribution in [-0.2, 0) is 22.3 Å². The average Bonchev–Trinajstić information content (AvgIpc) is 2.88. The van der Waals surface area contributed by atoms with Gasteiger partial charge in [0.2, 0.25) is 0 Å². The van der Waals surface area contributed by atoms with Gasteiger partial charge in [0, 0.05) is 12.1 Å². The minimum atomic E-state index is -0.919. The Morgan fingerprint density at radius 2 is 1.47 bits per heavy atom. The third-order valence-electron chi connectivity index (χ3n) is 6.29. The average molecular weight is 409 g/mol. The van der Waals surface area contributed by atoms with Gasteiger partial charge in [0.15, 0.2) is 0 Å². The number of hydrogen-bond donors (Lipinski definition) is 1. The maximum atomic E-state index is 12.0. The van der Waals surface area contributed by atoms with Gasteiger partial charge < -0.3 is 14.4 Å². The second-order valence-electron chi connectivity index (χ2n) is 9.67. The topological polar surface area (TPSA) is 59.0 Å². The Labute approximate surface area is 180 Å². The lowest BCUT2D eigenvalue weighted by Crippen LogP contribution is -2.48. The summed E-state index contributed by atoms with van der Waals surface area (Å²) in [5.74, 6) is 0. The van der Waals surface area contributed by atoms with Crippen LogP contribution in [0, 0.1) is 0 Å². The molecule has 0 bridgehead atoms. The zero-order chi connectivity index (χ0) is 22.2. The van der Waals surface area contributed by atoms with Crippen LogP contribution < -0.4 is 5.46 Å². The van der Waals surface area contributed by atoms with Crippen LogP contribution in [0.4, 0.5) is 4.79 Å². The fourth-order valence-corrected chi connectivity index (χ4v) is 3.67.